The lowest BCUT2D eigenvalue weighted by molar-refractivity contribution is -0.0971. The normalized spacial score (nSPS) is 31.9. The Morgan fingerprint density at radius 1 is 1.26 bits per heavy atom. The van der Waals surface area contributed by atoms with Crippen LogP contribution >= 0.6 is 22.9 Å². The Kier molecular flexibility index (Phi) is 4.81. The van der Waals surface area contributed by atoms with E-state index in [1.54, 1.807) is 11.3 Å². The fourth-order valence-corrected chi connectivity index (χ4v) is 6.30. The van der Waals surface area contributed by atoms with E-state index in [0.717, 1.165) is 67.9 Å². The average molecular weight is 409 g/mol. The molecule has 1 N–H and O–H groups in total. The van der Waals surface area contributed by atoms with E-state index >= 15 is 0 Å². The summed E-state index contributed by atoms with van der Waals surface area (Å²) >= 11 is 8.02. The highest BCUT2D eigenvalue weighted by atomic mass is 35.5. The van der Waals surface area contributed by atoms with Crippen LogP contribution in [0.25, 0.3) is 0 Å². The number of hydrogen-bond acceptors (Lipinski definition) is 6. The third-order valence-corrected chi connectivity index (χ3v) is 7.55. The molecule has 0 aliphatic carbocycles. The number of hydrogen-bond donors (Lipinski definition) is 1. The molecule has 0 radical (unpaired) electrons. The zero-order chi connectivity index (χ0) is 18.4. The number of oxazole rings is 1. The van der Waals surface area contributed by atoms with Gasteiger partial charge in [-0.3, -0.25) is 0 Å². The van der Waals surface area contributed by atoms with E-state index in [1.807, 2.05) is 6.20 Å². The summed E-state index contributed by atoms with van der Waals surface area (Å²) in [5, 5.41) is 3.69. The van der Waals surface area contributed by atoms with Crippen molar-refractivity contribution in [2.45, 2.75) is 62.6 Å². The quantitative estimate of drug-likeness (QED) is 0.789. The molecule has 7 heteroatoms. The van der Waals surface area contributed by atoms with E-state index in [1.165, 1.54) is 10.4 Å². The van der Waals surface area contributed by atoms with Crippen molar-refractivity contribution >= 4 is 22.9 Å². The van der Waals surface area contributed by atoms with Gasteiger partial charge in [0.1, 0.15) is 11.4 Å². The van der Waals surface area contributed by atoms with Crippen molar-refractivity contribution in [3.05, 3.63) is 38.7 Å². The Morgan fingerprint density at radius 3 is 2.96 bits per heavy atom. The number of nitrogens with zero attached hydrogens (tertiary/aromatic N) is 1. The maximum atomic E-state index is 6.42. The van der Waals surface area contributed by atoms with Gasteiger partial charge in [-0.05, 0) is 44.2 Å². The molecule has 2 aromatic rings. The molecule has 3 aliphatic heterocycles. The molecule has 0 bridgehead atoms. The molecule has 0 amide bonds. The first kappa shape index (κ1) is 18.1. The second kappa shape index (κ2) is 7.16. The first-order valence-electron chi connectivity index (χ1n) is 9.85. The van der Waals surface area contributed by atoms with Gasteiger partial charge >= 0.3 is 0 Å². The summed E-state index contributed by atoms with van der Waals surface area (Å²) in [4.78, 5) is 5.91. The summed E-state index contributed by atoms with van der Waals surface area (Å²) in [7, 11) is 0. The number of rotatable bonds is 2. The van der Waals surface area contributed by atoms with Crippen molar-refractivity contribution < 1.29 is 13.9 Å². The maximum Gasteiger partial charge on any atom is 0.197 e. The molecule has 3 atom stereocenters. The average Bonchev–Trinajstić information content (AvgIpc) is 3.29. The highest BCUT2D eigenvalue weighted by molar-refractivity contribution is 7.16. The summed E-state index contributed by atoms with van der Waals surface area (Å²) < 4.78 is 19.0. The van der Waals surface area contributed by atoms with Gasteiger partial charge in [-0.25, -0.2) is 4.98 Å². The number of aromatic nitrogens is 1. The van der Waals surface area contributed by atoms with Gasteiger partial charge in [-0.1, -0.05) is 11.6 Å². The van der Waals surface area contributed by atoms with Crippen molar-refractivity contribution in [2.24, 2.45) is 0 Å². The van der Waals surface area contributed by atoms with E-state index in [0.29, 0.717) is 12.0 Å². The molecule has 5 heterocycles. The lowest BCUT2D eigenvalue weighted by atomic mass is 9.79. The summed E-state index contributed by atoms with van der Waals surface area (Å²) in [5.41, 5.74) is 1.08. The number of halogens is 1. The van der Waals surface area contributed by atoms with Crippen LogP contribution in [-0.2, 0) is 21.5 Å². The van der Waals surface area contributed by atoms with Crippen molar-refractivity contribution in [1.29, 1.82) is 0 Å². The molecule has 0 saturated carbocycles. The molecular formula is C20H25ClN2O3S. The van der Waals surface area contributed by atoms with E-state index in [9.17, 15) is 0 Å². The van der Waals surface area contributed by atoms with Gasteiger partial charge < -0.3 is 19.2 Å². The zero-order valence-corrected chi connectivity index (χ0v) is 17.1. The topological polar surface area (TPSA) is 56.5 Å². The fraction of sp³-hybridized carbons (Fsp3) is 0.650. The molecule has 27 heavy (non-hydrogen) atoms. The molecule has 3 aliphatic rings. The molecular weight excluding hydrogens is 384 g/mol. The van der Waals surface area contributed by atoms with Crippen LogP contribution in [0.2, 0.25) is 4.34 Å². The van der Waals surface area contributed by atoms with Gasteiger partial charge in [-0.15, -0.1) is 11.3 Å². The summed E-state index contributed by atoms with van der Waals surface area (Å²) in [6, 6.07) is 2.54. The van der Waals surface area contributed by atoms with Crippen LogP contribution in [0.5, 0.6) is 0 Å². The minimum absolute atomic E-state index is 0.0988. The third-order valence-electron chi connectivity index (χ3n) is 6.05. The Hall–Kier alpha value is -0.920. The number of fused-ring (bicyclic) bond motifs is 2. The summed E-state index contributed by atoms with van der Waals surface area (Å²) in [6.07, 6.45) is 6.62. The molecule has 0 aromatic carbocycles. The van der Waals surface area contributed by atoms with Gasteiger partial charge in [-0.2, -0.15) is 0 Å². The predicted molar refractivity (Wildman–Crippen MR) is 105 cm³/mol. The molecule has 2 fully saturated rings. The smallest absolute Gasteiger partial charge is 0.197 e. The van der Waals surface area contributed by atoms with Crippen LogP contribution in [0.15, 0.2) is 16.7 Å². The highest BCUT2D eigenvalue weighted by Gasteiger charge is 2.47. The van der Waals surface area contributed by atoms with E-state index in [2.05, 4.69) is 23.3 Å². The van der Waals surface area contributed by atoms with Gasteiger partial charge in [0.25, 0.3) is 0 Å². The number of nitrogens with one attached hydrogen (secondary N) is 1. The van der Waals surface area contributed by atoms with Gasteiger partial charge in [0.2, 0.25) is 0 Å². The molecule has 146 valence electrons. The van der Waals surface area contributed by atoms with Crippen LogP contribution in [-0.4, -0.2) is 30.8 Å². The van der Waals surface area contributed by atoms with Gasteiger partial charge in [0.15, 0.2) is 5.89 Å². The SMILES string of the molecule is C[C@H]1C[C@@]2(C[C@@H](c3cnc(C4CCOCC4)o3)N1)OCCc1cc(Cl)sc12. The molecule has 5 nitrogen and oxygen atoms in total. The Bertz CT molecular complexity index is 816. The molecule has 1 spiro atoms. The van der Waals surface area contributed by atoms with Crippen LogP contribution in [0.4, 0.5) is 0 Å². The summed E-state index contributed by atoms with van der Waals surface area (Å²) in [6.45, 7) is 4.56. The van der Waals surface area contributed by atoms with Crippen LogP contribution in [0.3, 0.4) is 0 Å². The molecule has 2 aromatic heterocycles. The minimum atomic E-state index is -0.271. The third kappa shape index (κ3) is 3.36. The number of ether oxygens (including phenoxy) is 2. The largest absolute Gasteiger partial charge is 0.444 e. The van der Waals surface area contributed by atoms with Crippen molar-refractivity contribution in [3.63, 3.8) is 0 Å². The Labute approximate surface area is 168 Å². The molecule has 5 rings (SSSR count). The van der Waals surface area contributed by atoms with Crippen molar-refractivity contribution in [1.82, 2.24) is 10.3 Å². The van der Waals surface area contributed by atoms with Crippen LogP contribution in [0.1, 0.15) is 66.7 Å². The number of piperidine rings is 1. The minimum Gasteiger partial charge on any atom is -0.444 e. The van der Waals surface area contributed by atoms with Gasteiger partial charge in [0, 0.05) is 36.5 Å². The lowest BCUT2D eigenvalue weighted by Gasteiger charge is -2.45. The second-order valence-corrected chi connectivity index (χ2v) is 9.70. The maximum absolute atomic E-state index is 6.42. The lowest BCUT2D eigenvalue weighted by Crippen LogP contribution is -2.49. The summed E-state index contributed by atoms with van der Waals surface area (Å²) in [5.74, 6) is 2.14. The predicted octanol–water partition coefficient (Wildman–Crippen LogP) is 4.56. The van der Waals surface area contributed by atoms with Gasteiger partial charge in [0.05, 0.1) is 23.2 Å². The highest BCUT2D eigenvalue weighted by Crippen LogP contribution is 2.50. The fourth-order valence-electron chi connectivity index (χ4n) is 4.84. The molecule has 2 saturated heterocycles. The first-order chi connectivity index (χ1) is 13.1. The van der Waals surface area contributed by atoms with Crippen molar-refractivity contribution in [3.8, 4) is 0 Å². The van der Waals surface area contributed by atoms with E-state index in [4.69, 9.17) is 25.5 Å². The Morgan fingerprint density at radius 2 is 2.11 bits per heavy atom. The molecule has 0 unspecified atom stereocenters. The second-order valence-electron chi connectivity index (χ2n) is 8.01. The van der Waals surface area contributed by atoms with Crippen LogP contribution in [0, 0.1) is 0 Å². The van der Waals surface area contributed by atoms with E-state index < -0.39 is 0 Å². The first-order valence-corrected chi connectivity index (χ1v) is 11.0. The van der Waals surface area contributed by atoms with Crippen molar-refractivity contribution in [2.75, 3.05) is 19.8 Å². The zero-order valence-electron chi connectivity index (χ0n) is 15.5. The number of thiophene rings is 1. The van der Waals surface area contributed by atoms with E-state index in [-0.39, 0.29) is 11.6 Å². The standard InChI is InChI=1S/C20H25ClN2O3S/c1-12-9-20(18-14(4-7-25-20)8-17(21)27-18)10-15(23-12)16-11-22-19(26-16)13-2-5-24-6-3-13/h8,11-13,15,23H,2-7,9-10H2,1H3/t12-,15-,20-/m0/s1. The monoisotopic (exact) mass is 408 g/mol. The van der Waals surface area contributed by atoms with Crippen LogP contribution < -0.4 is 5.32 Å². The Balaban J connectivity index is 1.42.